The van der Waals surface area contributed by atoms with Gasteiger partial charge in [-0.2, -0.15) is 0 Å². The lowest BCUT2D eigenvalue weighted by Gasteiger charge is -2.06. The summed E-state index contributed by atoms with van der Waals surface area (Å²) in [7, 11) is 0. The topological polar surface area (TPSA) is 162 Å². The summed E-state index contributed by atoms with van der Waals surface area (Å²) in [6, 6.07) is 0. The van der Waals surface area contributed by atoms with Crippen LogP contribution in [-0.2, 0) is 0 Å². The van der Waals surface area contributed by atoms with Crippen molar-refractivity contribution in [1.29, 1.82) is 0 Å². The molecule has 8 unspecified atom stereocenters. The lowest BCUT2D eigenvalue weighted by atomic mass is 10.1. The molecule has 0 spiro atoms. The number of aliphatic hydroxyl groups is 8. The van der Waals surface area contributed by atoms with Crippen molar-refractivity contribution in [3.8, 4) is 0 Å². The van der Waals surface area contributed by atoms with E-state index in [9.17, 15) is 0 Å². The van der Waals surface area contributed by atoms with Gasteiger partial charge in [-0.15, -0.1) is 52.6 Å². The molecule has 0 heterocycles. The van der Waals surface area contributed by atoms with Crippen LogP contribution in [0, 0.1) is 0 Å². The van der Waals surface area contributed by atoms with Crippen LogP contribution in [-0.4, -0.2) is 89.7 Å². The van der Waals surface area contributed by atoms with Crippen molar-refractivity contribution in [3.63, 3.8) is 0 Å². The van der Waals surface area contributed by atoms with Gasteiger partial charge in [0.2, 0.25) is 0 Å². The number of aliphatic hydroxyl groups excluding tert-OH is 8. The van der Waals surface area contributed by atoms with E-state index < -0.39 is 48.8 Å². The Morgan fingerprint density at radius 3 is 0.789 bits per heavy atom. The summed E-state index contributed by atoms with van der Waals surface area (Å²) in [4.78, 5) is 0. The second kappa shape index (κ2) is 30.8. The quantitative estimate of drug-likeness (QED) is 0.123. The fourth-order valence-corrected chi connectivity index (χ4v) is 2.07. The van der Waals surface area contributed by atoms with Gasteiger partial charge in [0.1, 0.15) is 12.2 Å². The van der Waals surface area contributed by atoms with E-state index in [-0.39, 0.29) is 6.42 Å². The van der Waals surface area contributed by atoms with Crippen LogP contribution in [0.3, 0.4) is 0 Å². The minimum Gasteiger partial charge on any atom is -0.389 e. The fourth-order valence-electron chi connectivity index (χ4n) is 2.07. The van der Waals surface area contributed by atoms with Crippen molar-refractivity contribution in [2.45, 2.75) is 87.4 Å². The molecule has 8 nitrogen and oxygen atoms in total. The molecule has 0 fully saturated rings. The predicted octanol–water partition coefficient (Wildman–Crippen LogP) is 2.66. The van der Waals surface area contributed by atoms with Crippen LogP contribution in [0.1, 0.15) is 38.5 Å². The summed E-state index contributed by atoms with van der Waals surface area (Å²) in [5.41, 5.74) is 0. The Morgan fingerprint density at radius 1 is 0.342 bits per heavy atom. The number of rotatable bonds is 18. The molecule has 0 aromatic rings. The first-order valence-corrected chi connectivity index (χ1v) is 12.3. The zero-order valence-electron chi connectivity index (χ0n) is 22.7. The van der Waals surface area contributed by atoms with Gasteiger partial charge in [-0.05, 0) is 32.1 Å². The monoisotopic (exact) mass is 540 g/mol. The van der Waals surface area contributed by atoms with Crippen molar-refractivity contribution in [2.24, 2.45) is 0 Å². The maximum atomic E-state index is 9.02. The standard InChI is InChI=1S/C9H16O2.C8H14O2.C7H12O2.C6H10O2/c1-3-8(10)6-5-7-9(11)4-2;1-3-7(9)5-6-8(10)4-2;1-3-6(8)5-7(9)4-2;1-3-5(7)6(8)4-2/h3-4,8-11H,1-2,5-7H2;3-4,7-10H,1-2,5-6H2;3-4,6-9H,1-2,5H2;3-8H,1-2H2. The van der Waals surface area contributed by atoms with Gasteiger partial charge in [0.15, 0.2) is 0 Å². The highest BCUT2D eigenvalue weighted by molar-refractivity contribution is 4.93. The first-order valence-electron chi connectivity index (χ1n) is 12.3. The molecular formula is C30H52O8. The van der Waals surface area contributed by atoms with Crippen LogP contribution in [0.15, 0.2) is 101 Å². The summed E-state index contributed by atoms with van der Waals surface area (Å²) >= 11 is 0. The van der Waals surface area contributed by atoms with E-state index in [4.69, 9.17) is 40.9 Å². The Bertz CT molecular complexity index is 582. The predicted molar refractivity (Wildman–Crippen MR) is 157 cm³/mol. The van der Waals surface area contributed by atoms with Crippen LogP contribution in [0.5, 0.6) is 0 Å². The Kier molecular flexibility index (Phi) is 34.6. The van der Waals surface area contributed by atoms with Crippen molar-refractivity contribution >= 4 is 0 Å². The van der Waals surface area contributed by atoms with E-state index in [2.05, 4.69) is 52.6 Å². The molecular weight excluding hydrogens is 488 g/mol. The highest BCUT2D eigenvalue weighted by Crippen LogP contribution is 2.05. The van der Waals surface area contributed by atoms with E-state index in [0.29, 0.717) is 25.7 Å². The molecule has 220 valence electrons. The molecule has 0 aliphatic heterocycles. The molecule has 0 aliphatic rings. The molecule has 0 aromatic carbocycles. The van der Waals surface area contributed by atoms with Gasteiger partial charge < -0.3 is 40.9 Å². The highest BCUT2D eigenvalue weighted by Gasteiger charge is 2.06. The van der Waals surface area contributed by atoms with Gasteiger partial charge in [0, 0.05) is 6.42 Å². The maximum absolute atomic E-state index is 9.02. The number of hydrogen-bond donors (Lipinski definition) is 8. The summed E-state index contributed by atoms with van der Waals surface area (Å²) in [6.07, 6.45) is 9.76. The van der Waals surface area contributed by atoms with Crippen LogP contribution in [0.2, 0.25) is 0 Å². The second-order valence-corrected chi connectivity index (χ2v) is 8.01. The van der Waals surface area contributed by atoms with Crippen molar-refractivity contribution in [1.82, 2.24) is 0 Å². The van der Waals surface area contributed by atoms with E-state index in [1.165, 1.54) is 48.6 Å². The van der Waals surface area contributed by atoms with Gasteiger partial charge in [-0.1, -0.05) is 48.6 Å². The van der Waals surface area contributed by atoms with Crippen molar-refractivity contribution in [3.05, 3.63) is 101 Å². The molecule has 8 atom stereocenters. The molecule has 0 saturated carbocycles. The number of hydrogen-bond acceptors (Lipinski definition) is 8. The molecule has 8 N–H and O–H groups in total. The highest BCUT2D eigenvalue weighted by atomic mass is 16.3. The Balaban J connectivity index is -0.000000204. The first kappa shape index (κ1) is 42.7. The summed E-state index contributed by atoms with van der Waals surface area (Å²) in [5, 5.41) is 71.0. The molecule has 0 saturated heterocycles. The van der Waals surface area contributed by atoms with Crippen molar-refractivity contribution in [2.75, 3.05) is 0 Å². The SMILES string of the molecule is C=CC(O)C(O)C=C.C=CC(O)CC(O)C=C.C=CC(O)CCC(O)C=C.C=CC(O)CCCC(O)C=C. The molecule has 0 aliphatic carbocycles. The van der Waals surface area contributed by atoms with E-state index in [1.54, 1.807) is 0 Å². The Hall–Kier alpha value is -2.40. The third-order valence-corrected chi connectivity index (χ3v) is 4.71. The van der Waals surface area contributed by atoms with E-state index in [0.717, 1.165) is 6.42 Å². The molecule has 0 radical (unpaired) electrons. The van der Waals surface area contributed by atoms with E-state index >= 15 is 0 Å². The molecule has 0 bridgehead atoms. The normalized spacial score (nSPS) is 16.0. The third kappa shape index (κ3) is 33.6. The van der Waals surface area contributed by atoms with Gasteiger partial charge >= 0.3 is 0 Å². The van der Waals surface area contributed by atoms with Crippen molar-refractivity contribution < 1.29 is 40.9 Å². The summed E-state index contributed by atoms with van der Waals surface area (Å²) in [6.45, 7) is 27.0. The second-order valence-electron chi connectivity index (χ2n) is 8.01. The van der Waals surface area contributed by atoms with Crippen LogP contribution in [0.25, 0.3) is 0 Å². The fraction of sp³-hybridized carbons (Fsp3) is 0.467. The minimum atomic E-state index is -0.882. The Labute approximate surface area is 229 Å². The van der Waals surface area contributed by atoms with Crippen LogP contribution < -0.4 is 0 Å². The van der Waals surface area contributed by atoms with Gasteiger partial charge in [-0.25, -0.2) is 0 Å². The summed E-state index contributed by atoms with van der Waals surface area (Å²) in [5.74, 6) is 0. The lowest BCUT2D eigenvalue weighted by Crippen LogP contribution is -2.20. The van der Waals surface area contributed by atoms with Crippen LogP contribution >= 0.6 is 0 Å². The molecule has 38 heavy (non-hydrogen) atoms. The molecule has 0 rings (SSSR count). The average Bonchev–Trinajstić information content (AvgIpc) is 2.94. The minimum absolute atomic E-state index is 0.285. The zero-order chi connectivity index (χ0) is 30.5. The van der Waals surface area contributed by atoms with Gasteiger partial charge in [0.25, 0.3) is 0 Å². The van der Waals surface area contributed by atoms with Gasteiger partial charge in [0.05, 0.1) is 36.6 Å². The average molecular weight is 541 g/mol. The Morgan fingerprint density at radius 2 is 0.579 bits per heavy atom. The summed E-state index contributed by atoms with van der Waals surface area (Å²) < 4.78 is 0. The molecule has 8 heteroatoms. The molecule has 0 aromatic heterocycles. The third-order valence-electron chi connectivity index (χ3n) is 4.71. The largest absolute Gasteiger partial charge is 0.389 e. The molecule has 0 amide bonds. The lowest BCUT2D eigenvalue weighted by molar-refractivity contribution is 0.0813. The zero-order valence-corrected chi connectivity index (χ0v) is 22.7. The van der Waals surface area contributed by atoms with Gasteiger partial charge in [-0.3, -0.25) is 0 Å². The van der Waals surface area contributed by atoms with E-state index in [1.807, 2.05) is 0 Å². The van der Waals surface area contributed by atoms with Crippen LogP contribution in [0.4, 0.5) is 0 Å². The smallest absolute Gasteiger partial charge is 0.101 e. The maximum Gasteiger partial charge on any atom is 0.101 e. The first-order chi connectivity index (χ1) is 17.8.